The van der Waals surface area contributed by atoms with E-state index >= 15 is 0 Å². The molecular weight excluding hydrogens is 262 g/mol. The van der Waals surface area contributed by atoms with E-state index in [0.717, 1.165) is 11.4 Å². The minimum atomic E-state index is 0.337. The molecule has 0 saturated carbocycles. The smallest absolute Gasteiger partial charge is 0.214 e. The normalized spacial score (nSPS) is 10.8. The largest absolute Gasteiger partial charge is 0.335 e. The summed E-state index contributed by atoms with van der Waals surface area (Å²) >= 11 is 4.98. The number of rotatable bonds is 2. The Morgan fingerprint density at radius 3 is 2.63 bits per heavy atom. The van der Waals surface area contributed by atoms with E-state index < -0.39 is 0 Å². The van der Waals surface area contributed by atoms with Gasteiger partial charge in [0.2, 0.25) is 10.6 Å². The minimum absolute atomic E-state index is 0.337. The molecule has 0 aliphatic rings. The molecule has 0 atom stereocenters. The summed E-state index contributed by atoms with van der Waals surface area (Å²) in [6.07, 6.45) is 0. The number of nitrogen functional groups attached to an aromatic ring is 1. The Kier molecular flexibility index (Phi) is 2.64. The maximum Gasteiger partial charge on any atom is 0.214 e. The average molecular weight is 273 g/mol. The van der Waals surface area contributed by atoms with Gasteiger partial charge in [-0.2, -0.15) is 5.10 Å². The molecule has 19 heavy (non-hydrogen) atoms. The molecule has 0 aliphatic heterocycles. The van der Waals surface area contributed by atoms with Crippen molar-refractivity contribution in [3.05, 3.63) is 40.8 Å². The van der Waals surface area contributed by atoms with Crippen LogP contribution in [0.5, 0.6) is 0 Å². The second kappa shape index (κ2) is 4.32. The molecular formula is C11H11N7S. The lowest BCUT2D eigenvalue weighted by Gasteiger charge is -2.02. The van der Waals surface area contributed by atoms with E-state index in [1.165, 1.54) is 4.68 Å². The molecule has 8 heteroatoms. The Bertz CT molecular complexity index is 768. The standard InChI is InChI=1S/C11H11N7S/c1-7-9(10-14-15-11(19)17(10)12)13-16-18(7)8-5-3-2-4-6-8/h2-6H,12H2,1H3,(H,15,19). The number of hydrogen-bond donors (Lipinski definition) is 2. The predicted molar refractivity (Wildman–Crippen MR) is 72.7 cm³/mol. The van der Waals surface area contributed by atoms with E-state index in [0.29, 0.717) is 16.3 Å². The quantitative estimate of drug-likeness (QED) is 0.541. The highest BCUT2D eigenvalue weighted by Crippen LogP contribution is 2.19. The second-order valence-corrected chi connectivity index (χ2v) is 4.38. The summed E-state index contributed by atoms with van der Waals surface area (Å²) in [5.74, 6) is 6.26. The minimum Gasteiger partial charge on any atom is -0.335 e. The van der Waals surface area contributed by atoms with Crippen molar-refractivity contribution in [2.24, 2.45) is 0 Å². The lowest BCUT2D eigenvalue weighted by Crippen LogP contribution is -2.10. The highest BCUT2D eigenvalue weighted by molar-refractivity contribution is 7.71. The van der Waals surface area contributed by atoms with Crippen LogP contribution in [0, 0.1) is 11.7 Å². The monoisotopic (exact) mass is 273 g/mol. The number of para-hydroxylation sites is 1. The lowest BCUT2D eigenvalue weighted by molar-refractivity contribution is 0.785. The molecule has 0 fully saturated rings. The first-order valence-corrected chi connectivity index (χ1v) is 6.00. The van der Waals surface area contributed by atoms with Crippen LogP contribution in [0.1, 0.15) is 5.69 Å². The number of nitrogens with zero attached hydrogens (tertiary/aromatic N) is 5. The van der Waals surface area contributed by atoms with Gasteiger partial charge in [0, 0.05) is 0 Å². The van der Waals surface area contributed by atoms with E-state index in [-0.39, 0.29) is 0 Å². The van der Waals surface area contributed by atoms with Crippen molar-refractivity contribution in [2.75, 3.05) is 5.84 Å². The molecule has 7 nitrogen and oxygen atoms in total. The lowest BCUT2D eigenvalue weighted by atomic mass is 10.3. The third-order valence-electron chi connectivity index (χ3n) is 2.81. The van der Waals surface area contributed by atoms with Gasteiger partial charge < -0.3 is 5.84 Å². The van der Waals surface area contributed by atoms with Crippen molar-refractivity contribution in [3.8, 4) is 17.2 Å². The summed E-state index contributed by atoms with van der Waals surface area (Å²) in [7, 11) is 0. The predicted octanol–water partition coefficient (Wildman–Crippen LogP) is 1.21. The van der Waals surface area contributed by atoms with Crippen LogP contribution in [0.3, 0.4) is 0 Å². The molecule has 3 aromatic rings. The summed E-state index contributed by atoms with van der Waals surface area (Å²) in [6.45, 7) is 1.90. The molecule has 0 spiro atoms. The molecule has 0 radical (unpaired) electrons. The molecule has 1 aromatic carbocycles. The van der Waals surface area contributed by atoms with Crippen molar-refractivity contribution in [1.29, 1.82) is 0 Å². The van der Waals surface area contributed by atoms with Gasteiger partial charge in [-0.15, -0.1) is 5.10 Å². The van der Waals surface area contributed by atoms with Crippen LogP contribution in [0.25, 0.3) is 17.2 Å². The number of aromatic nitrogens is 6. The first-order valence-electron chi connectivity index (χ1n) is 5.59. The van der Waals surface area contributed by atoms with Crippen molar-refractivity contribution >= 4 is 12.2 Å². The Balaban J connectivity index is 2.14. The number of aromatic amines is 1. The molecule has 0 bridgehead atoms. The summed E-state index contributed by atoms with van der Waals surface area (Å²) in [5, 5.41) is 14.9. The fourth-order valence-corrected chi connectivity index (χ4v) is 1.95. The van der Waals surface area contributed by atoms with Gasteiger partial charge in [0.15, 0.2) is 5.69 Å². The van der Waals surface area contributed by atoms with Crippen molar-refractivity contribution in [1.82, 2.24) is 29.9 Å². The first kappa shape index (κ1) is 11.6. The van der Waals surface area contributed by atoms with E-state index in [1.54, 1.807) is 4.68 Å². The Hall–Kier alpha value is -2.48. The summed E-state index contributed by atoms with van der Waals surface area (Å²) in [5.41, 5.74) is 2.36. The third kappa shape index (κ3) is 1.82. The fraction of sp³-hybridized carbons (Fsp3) is 0.0909. The molecule has 3 N–H and O–H groups in total. The van der Waals surface area contributed by atoms with E-state index in [4.69, 9.17) is 18.1 Å². The number of nitrogens with one attached hydrogen (secondary N) is 1. The fourth-order valence-electron chi connectivity index (χ4n) is 1.82. The van der Waals surface area contributed by atoms with Gasteiger partial charge in [0.05, 0.1) is 11.4 Å². The van der Waals surface area contributed by atoms with Crippen LogP contribution in [-0.2, 0) is 0 Å². The van der Waals surface area contributed by atoms with Gasteiger partial charge in [0.25, 0.3) is 0 Å². The summed E-state index contributed by atoms with van der Waals surface area (Å²) in [4.78, 5) is 0. The van der Waals surface area contributed by atoms with Crippen LogP contribution in [-0.4, -0.2) is 29.9 Å². The number of nitrogens with two attached hydrogens (primary N) is 1. The van der Waals surface area contributed by atoms with Gasteiger partial charge >= 0.3 is 0 Å². The molecule has 3 rings (SSSR count). The molecule has 2 heterocycles. The van der Waals surface area contributed by atoms with Crippen molar-refractivity contribution < 1.29 is 0 Å². The van der Waals surface area contributed by atoms with Crippen LogP contribution in [0.4, 0.5) is 0 Å². The number of benzene rings is 1. The Labute approximate surface area is 113 Å². The average Bonchev–Trinajstić information content (AvgIpc) is 2.96. The summed E-state index contributed by atoms with van der Waals surface area (Å²) < 4.78 is 3.35. The summed E-state index contributed by atoms with van der Waals surface area (Å²) in [6, 6.07) is 9.72. The molecule has 0 amide bonds. The SMILES string of the molecule is Cc1c(-c2n[nH]c(=S)n2N)nnn1-c1ccccc1. The highest BCUT2D eigenvalue weighted by Gasteiger charge is 2.16. The van der Waals surface area contributed by atoms with Crippen LogP contribution < -0.4 is 5.84 Å². The van der Waals surface area contributed by atoms with E-state index in [2.05, 4.69) is 20.5 Å². The molecule has 2 aromatic heterocycles. The van der Waals surface area contributed by atoms with Crippen LogP contribution >= 0.6 is 12.2 Å². The van der Waals surface area contributed by atoms with Crippen LogP contribution in [0.15, 0.2) is 30.3 Å². The maximum absolute atomic E-state index is 5.79. The maximum atomic E-state index is 5.79. The molecule has 0 saturated heterocycles. The van der Waals surface area contributed by atoms with Gasteiger partial charge in [0.1, 0.15) is 0 Å². The number of H-pyrrole nitrogens is 1. The Morgan fingerprint density at radius 1 is 1.26 bits per heavy atom. The third-order valence-corrected chi connectivity index (χ3v) is 3.10. The van der Waals surface area contributed by atoms with Gasteiger partial charge in [-0.3, -0.25) is 0 Å². The molecule has 96 valence electrons. The van der Waals surface area contributed by atoms with Crippen molar-refractivity contribution in [2.45, 2.75) is 6.92 Å². The highest BCUT2D eigenvalue weighted by atomic mass is 32.1. The van der Waals surface area contributed by atoms with Gasteiger partial charge in [-0.25, -0.2) is 14.5 Å². The van der Waals surface area contributed by atoms with Crippen molar-refractivity contribution in [3.63, 3.8) is 0 Å². The number of hydrogen-bond acceptors (Lipinski definition) is 5. The Morgan fingerprint density at radius 2 is 2.00 bits per heavy atom. The zero-order valence-corrected chi connectivity index (χ0v) is 10.9. The van der Waals surface area contributed by atoms with Crippen LogP contribution in [0.2, 0.25) is 0 Å². The van der Waals surface area contributed by atoms with Gasteiger partial charge in [-0.1, -0.05) is 23.4 Å². The first-order chi connectivity index (χ1) is 9.18. The zero-order valence-electron chi connectivity index (χ0n) is 10.1. The molecule has 0 aliphatic carbocycles. The topological polar surface area (TPSA) is 90.3 Å². The van der Waals surface area contributed by atoms with E-state index in [1.807, 2.05) is 37.3 Å². The second-order valence-electron chi connectivity index (χ2n) is 3.99. The van der Waals surface area contributed by atoms with E-state index in [9.17, 15) is 0 Å². The van der Waals surface area contributed by atoms with Gasteiger partial charge in [-0.05, 0) is 31.3 Å². The zero-order chi connectivity index (χ0) is 13.4. The molecule has 0 unspecified atom stereocenters.